The Balaban J connectivity index is 1.73. The molecule has 0 aliphatic rings. The van der Waals surface area contributed by atoms with Gasteiger partial charge in [0.2, 0.25) is 0 Å². The third kappa shape index (κ3) is 2.89. The summed E-state index contributed by atoms with van der Waals surface area (Å²) in [6.45, 7) is 0.489. The summed E-state index contributed by atoms with van der Waals surface area (Å²) in [6.07, 6.45) is 1.63. The molecule has 1 N–H and O–H groups in total. The second-order valence-electron chi connectivity index (χ2n) is 5.66. The van der Waals surface area contributed by atoms with Gasteiger partial charge in [-0.3, -0.25) is 9.48 Å². The van der Waals surface area contributed by atoms with Gasteiger partial charge < -0.3 is 9.72 Å². The molecule has 0 fully saturated rings. The number of aromatic nitrogens is 4. The summed E-state index contributed by atoms with van der Waals surface area (Å²) in [5, 5.41) is 4.33. The molecule has 2 aromatic carbocycles. The molecule has 2 aromatic heterocycles. The van der Waals surface area contributed by atoms with Crippen molar-refractivity contribution in [3.05, 3.63) is 76.7 Å². The minimum atomic E-state index is -0.199. The van der Waals surface area contributed by atoms with Gasteiger partial charge in [0, 0.05) is 5.56 Å². The number of fused-ring (bicyclic) bond motifs is 1. The first kappa shape index (κ1) is 15.1. The van der Waals surface area contributed by atoms with E-state index in [9.17, 15) is 4.79 Å². The molecule has 25 heavy (non-hydrogen) atoms. The van der Waals surface area contributed by atoms with Gasteiger partial charge >= 0.3 is 0 Å². The van der Waals surface area contributed by atoms with Crippen LogP contribution >= 0.6 is 0 Å². The van der Waals surface area contributed by atoms with E-state index in [2.05, 4.69) is 15.1 Å². The second-order valence-corrected chi connectivity index (χ2v) is 5.66. The van der Waals surface area contributed by atoms with E-state index in [1.165, 1.54) is 0 Å². The molecule has 6 nitrogen and oxygen atoms in total. The highest BCUT2D eigenvalue weighted by atomic mass is 16.5. The molecular weight excluding hydrogens is 316 g/mol. The van der Waals surface area contributed by atoms with Gasteiger partial charge in [0.15, 0.2) is 5.52 Å². The van der Waals surface area contributed by atoms with Crippen LogP contribution in [0.4, 0.5) is 0 Å². The van der Waals surface area contributed by atoms with Crippen molar-refractivity contribution in [2.75, 3.05) is 7.11 Å². The van der Waals surface area contributed by atoms with Gasteiger partial charge in [-0.25, -0.2) is 4.98 Å². The highest BCUT2D eigenvalue weighted by Crippen LogP contribution is 2.17. The molecule has 0 amide bonds. The Hall–Kier alpha value is -3.41. The molecule has 4 aromatic rings. The summed E-state index contributed by atoms with van der Waals surface area (Å²) in [5.74, 6) is 1.34. The van der Waals surface area contributed by atoms with Crippen LogP contribution in [-0.4, -0.2) is 26.9 Å². The van der Waals surface area contributed by atoms with Crippen molar-refractivity contribution >= 4 is 11.0 Å². The number of aromatic amines is 1. The predicted octanol–water partition coefficient (Wildman–Crippen LogP) is 2.84. The molecule has 0 atom stereocenters. The molecule has 0 spiro atoms. The monoisotopic (exact) mass is 332 g/mol. The van der Waals surface area contributed by atoms with Crippen LogP contribution in [0.25, 0.3) is 22.4 Å². The van der Waals surface area contributed by atoms with Gasteiger partial charge in [0.05, 0.1) is 19.9 Å². The molecule has 0 unspecified atom stereocenters. The first-order valence-corrected chi connectivity index (χ1v) is 7.89. The highest BCUT2D eigenvalue weighted by molar-refractivity contribution is 5.75. The average molecular weight is 332 g/mol. The number of methoxy groups -OCH3 is 1. The van der Waals surface area contributed by atoms with Gasteiger partial charge in [0.25, 0.3) is 5.56 Å². The van der Waals surface area contributed by atoms with E-state index in [1.807, 2.05) is 54.6 Å². The summed E-state index contributed by atoms with van der Waals surface area (Å²) >= 11 is 0. The first-order valence-electron chi connectivity index (χ1n) is 7.89. The fraction of sp³-hybridized carbons (Fsp3) is 0.105. The SMILES string of the molecule is COc1ccc(Cn2ncc3nc(-c4ccccc4)[nH]c(=O)c32)cc1. The number of rotatable bonds is 4. The van der Waals surface area contributed by atoms with Crippen LogP contribution < -0.4 is 10.3 Å². The minimum absolute atomic E-state index is 0.199. The molecule has 0 saturated heterocycles. The van der Waals surface area contributed by atoms with Crippen molar-refractivity contribution in [2.45, 2.75) is 6.54 Å². The number of nitrogens with one attached hydrogen (secondary N) is 1. The smallest absolute Gasteiger partial charge is 0.277 e. The lowest BCUT2D eigenvalue weighted by atomic mass is 10.2. The zero-order valence-electron chi connectivity index (χ0n) is 13.6. The van der Waals surface area contributed by atoms with Gasteiger partial charge in [-0.1, -0.05) is 42.5 Å². The Morgan fingerprint density at radius 2 is 1.84 bits per heavy atom. The zero-order valence-corrected chi connectivity index (χ0v) is 13.6. The lowest BCUT2D eigenvalue weighted by Gasteiger charge is -2.05. The maximum atomic E-state index is 12.6. The third-order valence-corrected chi connectivity index (χ3v) is 4.04. The van der Waals surface area contributed by atoms with Gasteiger partial charge in [0.1, 0.15) is 17.1 Å². The maximum absolute atomic E-state index is 12.6. The molecule has 124 valence electrons. The molecule has 0 saturated carbocycles. The number of hydrogen-bond acceptors (Lipinski definition) is 4. The van der Waals surface area contributed by atoms with Gasteiger partial charge in [-0.05, 0) is 17.7 Å². The summed E-state index contributed by atoms with van der Waals surface area (Å²) in [4.78, 5) is 20.0. The molecule has 0 radical (unpaired) electrons. The minimum Gasteiger partial charge on any atom is -0.497 e. The maximum Gasteiger partial charge on any atom is 0.277 e. The molecule has 0 aliphatic carbocycles. The van der Waals surface area contributed by atoms with Crippen LogP contribution in [0.5, 0.6) is 5.75 Å². The molecular formula is C19H16N4O2. The summed E-state index contributed by atoms with van der Waals surface area (Å²) in [5.41, 5.74) is 2.74. The van der Waals surface area contributed by atoms with E-state index in [-0.39, 0.29) is 5.56 Å². The molecule has 2 heterocycles. The van der Waals surface area contributed by atoms with Crippen LogP contribution in [0.2, 0.25) is 0 Å². The first-order chi connectivity index (χ1) is 12.2. The van der Waals surface area contributed by atoms with Crippen molar-refractivity contribution in [1.82, 2.24) is 19.7 Å². The number of H-pyrrole nitrogens is 1. The van der Waals surface area contributed by atoms with E-state index in [4.69, 9.17) is 4.74 Å². The highest BCUT2D eigenvalue weighted by Gasteiger charge is 2.11. The van der Waals surface area contributed by atoms with Crippen molar-refractivity contribution in [3.63, 3.8) is 0 Å². The number of ether oxygens (including phenoxy) is 1. The van der Waals surface area contributed by atoms with Crippen molar-refractivity contribution in [1.29, 1.82) is 0 Å². The predicted molar refractivity (Wildman–Crippen MR) is 95.7 cm³/mol. The standard InChI is InChI=1S/C19H16N4O2/c1-25-15-9-7-13(8-10-15)12-23-17-16(11-20-23)21-18(22-19(17)24)14-5-3-2-4-6-14/h2-11H,12H2,1H3,(H,21,22,24). The van der Waals surface area contributed by atoms with Gasteiger partial charge in [-0.2, -0.15) is 5.10 Å². The molecule has 0 aliphatic heterocycles. The van der Waals surface area contributed by atoms with Crippen LogP contribution in [-0.2, 0) is 6.54 Å². The number of nitrogens with zero attached hydrogens (tertiary/aromatic N) is 3. The van der Waals surface area contributed by atoms with Gasteiger partial charge in [-0.15, -0.1) is 0 Å². The van der Waals surface area contributed by atoms with E-state index in [0.717, 1.165) is 16.9 Å². The average Bonchev–Trinajstić information content (AvgIpc) is 3.06. The van der Waals surface area contributed by atoms with Crippen LogP contribution in [0, 0.1) is 0 Å². The lowest BCUT2D eigenvalue weighted by molar-refractivity contribution is 0.414. The zero-order chi connectivity index (χ0) is 17.2. The Morgan fingerprint density at radius 1 is 1.08 bits per heavy atom. The Labute approximate surface area is 143 Å². The summed E-state index contributed by atoms with van der Waals surface area (Å²) < 4.78 is 6.83. The quantitative estimate of drug-likeness (QED) is 0.624. The lowest BCUT2D eigenvalue weighted by Crippen LogP contribution is -2.14. The van der Waals surface area contributed by atoms with Crippen LogP contribution in [0.1, 0.15) is 5.56 Å². The Bertz CT molecular complexity index is 1070. The topological polar surface area (TPSA) is 72.8 Å². The number of benzene rings is 2. The number of hydrogen-bond donors (Lipinski definition) is 1. The molecule has 4 rings (SSSR count). The van der Waals surface area contributed by atoms with Crippen molar-refractivity contribution in [2.24, 2.45) is 0 Å². The van der Waals surface area contributed by atoms with E-state index in [1.54, 1.807) is 18.0 Å². The van der Waals surface area contributed by atoms with E-state index >= 15 is 0 Å². The second kappa shape index (κ2) is 6.24. The largest absolute Gasteiger partial charge is 0.497 e. The summed E-state index contributed by atoms with van der Waals surface area (Å²) in [7, 11) is 1.63. The fourth-order valence-electron chi connectivity index (χ4n) is 2.76. The molecule has 0 bridgehead atoms. The van der Waals surface area contributed by atoms with Crippen LogP contribution in [0.3, 0.4) is 0 Å². The van der Waals surface area contributed by atoms with E-state index in [0.29, 0.717) is 23.4 Å². The Kier molecular flexibility index (Phi) is 3.78. The molecule has 6 heteroatoms. The van der Waals surface area contributed by atoms with Crippen molar-refractivity contribution < 1.29 is 4.74 Å². The van der Waals surface area contributed by atoms with E-state index < -0.39 is 0 Å². The Morgan fingerprint density at radius 3 is 2.56 bits per heavy atom. The van der Waals surface area contributed by atoms with Crippen LogP contribution in [0.15, 0.2) is 65.6 Å². The van der Waals surface area contributed by atoms with Crippen molar-refractivity contribution in [3.8, 4) is 17.1 Å². The summed E-state index contributed by atoms with van der Waals surface area (Å²) in [6, 6.07) is 17.2. The third-order valence-electron chi connectivity index (χ3n) is 4.04. The fourth-order valence-corrected chi connectivity index (χ4v) is 2.76. The normalized spacial score (nSPS) is 10.9.